The summed E-state index contributed by atoms with van der Waals surface area (Å²) in [7, 11) is 1.14. The van der Waals surface area contributed by atoms with Gasteiger partial charge in [-0.15, -0.1) is 0 Å². The van der Waals surface area contributed by atoms with Crippen molar-refractivity contribution in [2.45, 2.75) is 19.6 Å². The number of aliphatic hydroxyl groups excluding tert-OH is 1. The fourth-order valence-electron chi connectivity index (χ4n) is 2.91. The van der Waals surface area contributed by atoms with Gasteiger partial charge in [0.1, 0.15) is 23.9 Å². The molecule has 0 saturated heterocycles. The van der Waals surface area contributed by atoms with E-state index in [9.17, 15) is 23.5 Å². The molecule has 2 N–H and O–H groups in total. The topological polar surface area (TPSA) is 102 Å². The number of fused-ring (bicyclic) bond motifs is 1. The molecule has 0 radical (unpaired) electrons. The summed E-state index contributed by atoms with van der Waals surface area (Å²) >= 11 is 0. The van der Waals surface area contributed by atoms with Gasteiger partial charge in [-0.3, -0.25) is 9.20 Å². The SMILES string of the molecule is COC(=O)[C@H](CO)NC(=O)c1c(C)nc2c(OCc3c(F)cccc3F)cccn12. The number of rotatable bonds is 7. The first-order valence-corrected chi connectivity index (χ1v) is 8.90. The Labute approximate surface area is 170 Å². The van der Waals surface area contributed by atoms with Crippen molar-refractivity contribution < 1.29 is 33.0 Å². The number of nitrogens with one attached hydrogen (secondary N) is 1. The van der Waals surface area contributed by atoms with Crippen LogP contribution in [-0.4, -0.2) is 46.1 Å². The number of esters is 1. The minimum Gasteiger partial charge on any atom is -0.485 e. The van der Waals surface area contributed by atoms with Crippen LogP contribution >= 0.6 is 0 Å². The molecule has 0 aliphatic rings. The Morgan fingerprint density at radius 1 is 1.23 bits per heavy atom. The zero-order valence-corrected chi connectivity index (χ0v) is 16.2. The van der Waals surface area contributed by atoms with E-state index in [0.717, 1.165) is 19.2 Å². The molecule has 1 aromatic carbocycles. The highest BCUT2D eigenvalue weighted by atomic mass is 19.1. The van der Waals surface area contributed by atoms with Crippen molar-refractivity contribution in [3.63, 3.8) is 0 Å². The Hall–Kier alpha value is -3.53. The predicted octanol–water partition coefficient (Wildman–Crippen LogP) is 1.76. The van der Waals surface area contributed by atoms with Crippen molar-refractivity contribution in [3.8, 4) is 5.75 Å². The van der Waals surface area contributed by atoms with Crippen molar-refractivity contribution in [2.24, 2.45) is 0 Å². The summed E-state index contributed by atoms with van der Waals surface area (Å²) in [5.74, 6) is -2.73. The number of carbonyl (C=O) groups is 2. The van der Waals surface area contributed by atoms with Gasteiger partial charge in [0, 0.05) is 6.20 Å². The molecule has 10 heteroatoms. The second-order valence-electron chi connectivity index (χ2n) is 6.33. The third kappa shape index (κ3) is 4.08. The maximum atomic E-state index is 13.8. The van der Waals surface area contributed by atoms with Crippen molar-refractivity contribution in [1.29, 1.82) is 0 Å². The van der Waals surface area contributed by atoms with Gasteiger partial charge in [-0.1, -0.05) is 6.07 Å². The van der Waals surface area contributed by atoms with Crippen LogP contribution in [0.15, 0.2) is 36.5 Å². The average Bonchev–Trinajstić information content (AvgIpc) is 3.07. The minimum absolute atomic E-state index is 0.106. The first kappa shape index (κ1) is 21.2. The second-order valence-corrected chi connectivity index (χ2v) is 6.33. The summed E-state index contributed by atoms with van der Waals surface area (Å²) in [6.45, 7) is 0.561. The van der Waals surface area contributed by atoms with Gasteiger partial charge in [-0.25, -0.2) is 18.6 Å². The molecule has 0 bridgehead atoms. The van der Waals surface area contributed by atoms with Gasteiger partial charge in [-0.05, 0) is 31.2 Å². The third-order valence-corrected chi connectivity index (χ3v) is 4.41. The lowest BCUT2D eigenvalue weighted by molar-refractivity contribution is -0.143. The lowest BCUT2D eigenvalue weighted by atomic mass is 10.2. The van der Waals surface area contributed by atoms with Gasteiger partial charge < -0.3 is 19.9 Å². The third-order valence-electron chi connectivity index (χ3n) is 4.41. The molecule has 0 spiro atoms. The molecule has 2 aromatic heterocycles. The number of amides is 1. The molecule has 1 atom stereocenters. The maximum Gasteiger partial charge on any atom is 0.330 e. The summed E-state index contributed by atoms with van der Waals surface area (Å²) in [5.41, 5.74) is 0.442. The smallest absolute Gasteiger partial charge is 0.330 e. The van der Waals surface area contributed by atoms with Crippen molar-refractivity contribution in [2.75, 3.05) is 13.7 Å². The van der Waals surface area contributed by atoms with E-state index in [1.165, 1.54) is 10.5 Å². The molecule has 0 fully saturated rings. The first-order valence-electron chi connectivity index (χ1n) is 8.90. The summed E-state index contributed by atoms with van der Waals surface area (Å²) in [6.07, 6.45) is 1.55. The highest BCUT2D eigenvalue weighted by molar-refractivity contribution is 5.97. The van der Waals surface area contributed by atoms with Crippen LogP contribution < -0.4 is 10.1 Å². The predicted molar refractivity (Wildman–Crippen MR) is 101 cm³/mol. The monoisotopic (exact) mass is 419 g/mol. The number of aryl methyl sites for hydroxylation is 1. The largest absolute Gasteiger partial charge is 0.485 e. The summed E-state index contributed by atoms with van der Waals surface area (Å²) in [6, 6.07) is 5.39. The Balaban J connectivity index is 1.90. The number of aromatic nitrogens is 2. The van der Waals surface area contributed by atoms with Gasteiger partial charge in [0.25, 0.3) is 5.91 Å². The van der Waals surface area contributed by atoms with Crippen molar-refractivity contribution >= 4 is 17.5 Å². The normalized spacial score (nSPS) is 11.9. The molecule has 2 heterocycles. The molecule has 0 aliphatic heterocycles. The summed E-state index contributed by atoms with van der Waals surface area (Å²) in [5, 5.41) is 11.7. The quantitative estimate of drug-likeness (QED) is 0.566. The van der Waals surface area contributed by atoms with E-state index < -0.39 is 36.2 Å². The van der Waals surface area contributed by atoms with Crippen LogP contribution in [0.1, 0.15) is 21.7 Å². The lowest BCUT2D eigenvalue weighted by Gasteiger charge is -2.14. The Morgan fingerprint density at radius 2 is 1.93 bits per heavy atom. The van der Waals surface area contributed by atoms with Crippen LogP contribution in [0.4, 0.5) is 8.78 Å². The molecule has 30 heavy (non-hydrogen) atoms. The molecule has 1 amide bonds. The van der Waals surface area contributed by atoms with E-state index in [0.29, 0.717) is 5.69 Å². The maximum absolute atomic E-state index is 13.8. The number of benzene rings is 1. The van der Waals surface area contributed by atoms with Crippen LogP contribution in [-0.2, 0) is 16.1 Å². The number of methoxy groups -OCH3 is 1. The minimum atomic E-state index is -1.24. The van der Waals surface area contributed by atoms with Gasteiger partial charge in [0.15, 0.2) is 17.4 Å². The fourth-order valence-corrected chi connectivity index (χ4v) is 2.91. The van der Waals surface area contributed by atoms with E-state index in [1.807, 2.05) is 0 Å². The number of hydrogen-bond donors (Lipinski definition) is 2. The van der Waals surface area contributed by atoms with Crippen LogP contribution in [0.25, 0.3) is 5.65 Å². The van der Waals surface area contributed by atoms with Gasteiger partial charge in [-0.2, -0.15) is 0 Å². The Bertz CT molecular complexity index is 1080. The number of carbonyl (C=O) groups excluding carboxylic acids is 2. The molecular formula is C20H19F2N3O5. The zero-order valence-electron chi connectivity index (χ0n) is 16.2. The molecule has 158 valence electrons. The van der Waals surface area contributed by atoms with E-state index >= 15 is 0 Å². The van der Waals surface area contributed by atoms with E-state index in [2.05, 4.69) is 15.0 Å². The molecular weight excluding hydrogens is 400 g/mol. The van der Waals surface area contributed by atoms with Crippen LogP contribution in [0.5, 0.6) is 5.75 Å². The average molecular weight is 419 g/mol. The van der Waals surface area contributed by atoms with Crippen molar-refractivity contribution in [3.05, 3.63) is 65.1 Å². The van der Waals surface area contributed by atoms with Gasteiger partial charge in [0.2, 0.25) is 0 Å². The number of imidazole rings is 1. The first-order chi connectivity index (χ1) is 14.4. The van der Waals surface area contributed by atoms with E-state index in [4.69, 9.17) is 4.74 Å². The molecule has 3 aromatic rings. The van der Waals surface area contributed by atoms with Gasteiger partial charge >= 0.3 is 5.97 Å². The molecule has 3 rings (SSSR count). The van der Waals surface area contributed by atoms with E-state index in [1.54, 1.807) is 25.3 Å². The number of ether oxygens (including phenoxy) is 2. The number of nitrogens with zero attached hydrogens (tertiary/aromatic N) is 2. The zero-order chi connectivity index (χ0) is 21.8. The number of hydrogen-bond acceptors (Lipinski definition) is 6. The van der Waals surface area contributed by atoms with Crippen LogP contribution in [0.3, 0.4) is 0 Å². The summed E-state index contributed by atoms with van der Waals surface area (Å²) < 4.78 is 39.2. The molecule has 8 nitrogen and oxygen atoms in total. The molecule has 0 saturated carbocycles. The summed E-state index contributed by atoms with van der Waals surface area (Å²) in [4.78, 5) is 28.6. The molecule has 0 unspecified atom stereocenters. The standard InChI is InChI=1S/C20H19F2N3O5/c1-11-17(19(27)24-15(9-26)20(28)29-2)25-8-4-7-16(18(25)23-11)30-10-12-13(21)5-3-6-14(12)22/h3-8,15,26H,9-10H2,1-2H3,(H,24,27)/t15-/m0/s1. The number of halogens is 2. The fraction of sp³-hybridized carbons (Fsp3) is 0.250. The molecule has 0 aliphatic carbocycles. The second kappa shape index (κ2) is 8.87. The van der Waals surface area contributed by atoms with Gasteiger partial charge in [0.05, 0.1) is 25.0 Å². The number of aliphatic hydroxyl groups is 1. The Morgan fingerprint density at radius 3 is 2.57 bits per heavy atom. The lowest BCUT2D eigenvalue weighted by Crippen LogP contribution is -2.44. The number of pyridine rings is 1. The highest BCUT2D eigenvalue weighted by Gasteiger charge is 2.25. The van der Waals surface area contributed by atoms with Crippen LogP contribution in [0, 0.1) is 18.6 Å². The highest BCUT2D eigenvalue weighted by Crippen LogP contribution is 2.24. The Kier molecular flexibility index (Phi) is 6.26. The van der Waals surface area contributed by atoms with Crippen molar-refractivity contribution in [1.82, 2.24) is 14.7 Å². The van der Waals surface area contributed by atoms with E-state index in [-0.39, 0.29) is 29.3 Å². The van der Waals surface area contributed by atoms with Crippen LogP contribution in [0.2, 0.25) is 0 Å².